The molecule has 0 aliphatic carbocycles. The van der Waals surface area contributed by atoms with Gasteiger partial charge in [-0.1, -0.05) is 60.7 Å². The van der Waals surface area contributed by atoms with Crippen LogP contribution in [0.25, 0.3) is 0 Å². The van der Waals surface area contributed by atoms with Crippen LogP contribution in [0.2, 0.25) is 0 Å². The van der Waals surface area contributed by atoms with Crippen molar-refractivity contribution in [3.8, 4) is 0 Å². The van der Waals surface area contributed by atoms with E-state index in [2.05, 4.69) is 5.32 Å². The Morgan fingerprint density at radius 3 is 2.08 bits per heavy atom. The van der Waals surface area contributed by atoms with E-state index >= 15 is 0 Å². The maximum atomic E-state index is 13.8. The van der Waals surface area contributed by atoms with Crippen LogP contribution in [0.4, 0.5) is 13.2 Å². The third-order valence-corrected chi connectivity index (χ3v) is 4.09. The molecular formula is C19H20F3NO3. The second-order valence-corrected chi connectivity index (χ2v) is 5.79. The number of carbonyl (C=O) groups is 1. The van der Waals surface area contributed by atoms with Crippen molar-refractivity contribution in [1.82, 2.24) is 5.32 Å². The number of aliphatic hydroxyl groups excluding tert-OH is 1. The third kappa shape index (κ3) is 4.05. The fourth-order valence-corrected chi connectivity index (χ4v) is 2.77. The lowest BCUT2D eigenvalue weighted by Gasteiger charge is -2.34. The first kappa shape index (κ1) is 19.9. The smallest absolute Gasteiger partial charge is 0.394 e. The quantitative estimate of drug-likeness (QED) is 0.791. The van der Waals surface area contributed by atoms with Gasteiger partial charge in [-0.25, -0.2) is 0 Å². The molecule has 0 saturated heterocycles. The number of aliphatic hydroxyl groups is 1. The van der Waals surface area contributed by atoms with Gasteiger partial charge in [0, 0.05) is 12.7 Å². The molecule has 2 N–H and O–H groups in total. The van der Waals surface area contributed by atoms with Crippen molar-refractivity contribution >= 4 is 5.91 Å². The van der Waals surface area contributed by atoms with E-state index in [1.54, 1.807) is 36.4 Å². The van der Waals surface area contributed by atoms with Crippen molar-refractivity contribution in [3.05, 3.63) is 71.8 Å². The average molecular weight is 367 g/mol. The molecule has 1 amide bonds. The second-order valence-electron chi connectivity index (χ2n) is 5.79. The molecule has 2 aromatic rings. The zero-order chi connectivity index (χ0) is 19.2. The lowest BCUT2D eigenvalue weighted by Crippen LogP contribution is -2.58. The van der Waals surface area contributed by atoms with E-state index in [0.717, 1.165) is 12.7 Å². The van der Waals surface area contributed by atoms with E-state index in [-0.39, 0.29) is 12.0 Å². The first-order valence-corrected chi connectivity index (χ1v) is 7.98. The molecule has 4 nitrogen and oxygen atoms in total. The summed E-state index contributed by atoms with van der Waals surface area (Å²) in [6.07, 6.45) is -4.80. The zero-order valence-electron chi connectivity index (χ0n) is 14.2. The summed E-state index contributed by atoms with van der Waals surface area (Å²) in [6.45, 7) is -0.507. The van der Waals surface area contributed by atoms with Gasteiger partial charge in [-0.2, -0.15) is 13.2 Å². The van der Waals surface area contributed by atoms with Crippen LogP contribution < -0.4 is 5.32 Å². The molecule has 2 aromatic carbocycles. The summed E-state index contributed by atoms with van der Waals surface area (Å²) in [7, 11) is 0.839. The number of benzene rings is 2. The number of hydrogen-bond acceptors (Lipinski definition) is 3. The fourth-order valence-electron chi connectivity index (χ4n) is 2.77. The Kier molecular flexibility index (Phi) is 6.39. The maximum Gasteiger partial charge on any atom is 0.430 e. The van der Waals surface area contributed by atoms with Crippen molar-refractivity contribution < 1.29 is 27.8 Å². The van der Waals surface area contributed by atoms with Crippen molar-refractivity contribution in [2.24, 2.45) is 0 Å². The number of amides is 1. The summed E-state index contributed by atoms with van der Waals surface area (Å²) in [5.41, 5.74) is -2.70. The van der Waals surface area contributed by atoms with Gasteiger partial charge in [0.15, 0.2) is 0 Å². The lowest BCUT2D eigenvalue weighted by molar-refractivity contribution is -0.266. The Bertz CT molecular complexity index is 707. The first-order chi connectivity index (χ1) is 12.3. The van der Waals surface area contributed by atoms with Crippen LogP contribution in [-0.2, 0) is 21.6 Å². The Morgan fingerprint density at radius 1 is 1.08 bits per heavy atom. The molecule has 2 atom stereocenters. The number of ether oxygens (including phenoxy) is 1. The van der Waals surface area contributed by atoms with Crippen LogP contribution in [0.1, 0.15) is 11.1 Å². The minimum Gasteiger partial charge on any atom is -0.394 e. The monoisotopic (exact) mass is 367 g/mol. The number of carbonyl (C=O) groups excluding carboxylic acids is 1. The summed E-state index contributed by atoms with van der Waals surface area (Å²) in [6, 6.07) is 14.7. The highest BCUT2D eigenvalue weighted by molar-refractivity contribution is 5.88. The molecule has 0 spiro atoms. The summed E-state index contributed by atoms with van der Waals surface area (Å²) in [5.74, 6) is -1.37. The Balaban J connectivity index is 2.31. The predicted molar refractivity (Wildman–Crippen MR) is 90.3 cm³/mol. The van der Waals surface area contributed by atoms with Crippen LogP contribution >= 0.6 is 0 Å². The SMILES string of the molecule is CO[C@@](C(=O)N[C@@H](CO)Cc1ccccc1)(c1ccccc1)C(F)(F)F. The van der Waals surface area contributed by atoms with Crippen molar-refractivity contribution in [3.63, 3.8) is 0 Å². The van der Waals surface area contributed by atoms with E-state index in [0.29, 0.717) is 0 Å². The van der Waals surface area contributed by atoms with Crippen molar-refractivity contribution in [1.29, 1.82) is 0 Å². The fraction of sp³-hybridized carbons (Fsp3) is 0.316. The Labute approximate surface area is 149 Å². The third-order valence-electron chi connectivity index (χ3n) is 4.09. The van der Waals surface area contributed by atoms with Crippen molar-refractivity contribution in [2.75, 3.05) is 13.7 Å². The molecule has 0 aromatic heterocycles. The number of rotatable bonds is 7. The molecule has 2 rings (SSSR count). The highest BCUT2D eigenvalue weighted by atomic mass is 19.4. The number of alkyl halides is 3. The van der Waals surface area contributed by atoms with Gasteiger partial charge in [-0.3, -0.25) is 4.79 Å². The predicted octanol–water partition coefficient (Wildman–Crippen LogP) is 2.81. The van der Waals surface area contributed by atoms with Crippen LogP contribution in [-0.4, -0.2) is 36.9 Å². The standard InChI is InChI=1S/C19H20F3NO3/c1-26-18(19(20,21)22,15-10-6-3-7-11-15)17(25)23-16(13-24)12-14-8-4-2-5-9-14/h2-11,16,24H,12-13H2,1H3,(H,23,25)/t16-,18-/m1/s1. The van der Waals surface area contributed by atoms with Crippen LogP contribution in [0.5, 0.6) is 0 Å². The van der Waals surface area contributed by atoms with E-state index < -0.39 is 30.3 Å². The first-order valence-electron chi connectivity index (χ1n) is 7.98. The largest absolute Gasteiger partial charge is 0.430 e. The highest BCUT2D eigenvalue weighted by Crippen LogP contribution is 2.42. The molecule has 7 heteroatoms. The Hall–Kier alpha value is -2.38. The highest BCUT2D eigenvalue weighted by Gasteiger charge is 2.62. The minimum absolute atomic E-state index is 0.190. The molecule has 0 heterocycles. The van der Waals surface area contributed by atoms with Gasteiger partial charge < -0.3 is 15.2 Å². The van der Waals surface area contributed by atoms with Crippen LogP contribution in [0.3, 0.4) is 0 Å². The van der Waals surface area contributed by atoms with Gasteiger partial charge >= 0.3 is 6.18 Å². The molecule has 26 heavy (non-hydrogen) atoms. The van der Waals surface area contributed by atoms with E-state index in [1.807, 2.05) is 0 Å². The van der Waals surface area contributed by atoms with Crippen molar-refractivity contribution in [2.45, 2.75) is 24.2 Å². The number of nitrogens with one attached hydrogen (secondary N) is 1. The van der Waals surface area contributed by atoms with Gasteiger partial charge in [0.05, 0.1) is 12.6 Å². The zero-order valence-corrected chi connectivity index (χ0v) is 14.2. The van der Waals surface area contributed by atoms with E-state index in [1.165, 1.54) is 24.3 Å². The molecule has 0 saturated carbocycles. The van der Waals surface area contributed by atoms with Gasteiger partial charge in [-0.15, -0.1) is 0 Å². The summed E-state index contributed by atoms with van der Waals surface area (Å²) >= 11 is 0. The molecule has 140 valence electrons. The minimum atomic E-state index is -4.99. The van der Waals surface area contributed by atoms with E-state index in [9.17, 15) is 23.1 Å². The Morgan fingerprint density at radius 2 is 1.62 bits per heavy atom. The van der Waals surface area contributed by atoms with Gasteiger partial charge in [0.1, 0.15) is 0 Å². The van der Waals surface area contributed by atoms with E-state index in [4.69, 9.17) is 4.74 Å². The average Bonchev–Trinajstić information content (AvgIpc) is 2.62. The lowest BCUT2D eigenvalue weighted by atomic mass is 9.91. The molecule has 0 unspecified atom stereocenters. The van der Waals surface area contributed by atoms with Gasteiger partial charge in [0.25, 0.3) is 11.5 Å². The summed E-state index contributed by atoms with van der Waals surface area (Å²) in [5, 5.41) is 11.8. The van der Waals surface area contributed by atoms with Crippen LogP contribution in [0.15, 0.2) is 60.7 Å². The molecule has 0 aliphatic rings. The second kappa shape index (κ2) is 8.33. The summed E-state index contributed by atoms with van der Waals surface area (Å²) in [4.78, 5) is 12.6. The van der Waals surface area contributed by atoms with Gasteiger partial charge in [-0.05, 0) is 12.0 Å². The number of methoxy groups -OCH3 is 1. The molecule has 0 bridgehead atoms. The summed E-state index contributed by atoms with van der Waals surface area (Å²) < 4.78 is 46.3. The topological polar surface area (TPSA) is 58.6 Å². The van der Waals surface area contributed by atoms with Gasteiger partial charge in [0.2, 0.25) is 0 Å². The normalized spacial score (nSPS) is 15.1. The molecule has 0 fully saturated rings. The number of hydrogen-bond donors (Lipinski definition) is 2. The van der Waals surface area contributed by atoms with Crippen LogP contribution in [0, 0.1) is 0 Å². The maximum absolute atomic E-state index is 13.8. The molecule has 0 radical (unpaired) electrons. The molecular weight excluding hydrogens is 347 g/mol. The molecule has 0 aliphatic heterocycles. The number of halogens is 3.